The van der Waals surface area contributed by atoms with Crippen LogP contribution in [0.25, 0.3) is 0 Å². The Kier molecular flexibility index (Phi) is 3.97. The molecule has 15 heavy (non-hydrogen) atoms. The smallest absolute Gasteiger partial charge is 0.341 e. The van der Waals surface area contributed by atoms with Gasteiger partial charge in [-0.05, 0) is 37.6 Å². The van der Waals surface area contributed by atoms with Gasteiger partial charge in [-0.3, -0.25) is 0 Å². The summed E-state index contributed by atoms with van der Waals surface area (Å²) in [6.45, 7) is 4.08. The second kappa shape index (κ2) is 5.24. The second-order valence-electron chi connectivity index (χ2n) is 3.04. The van der Waals surface area contributed by atoms with E-state index in [-0.39, 0.29) is 6.61 Å². The van der Waals surface area contributed by atoms with Crippen molar-refractivity contribution in [3.63, 3.8) is 0 Å². The molecule has 1 N–H and O–H groups in total. The Bertz CT molecular complexity index is 346. The van der Waals surface area contributed by atoms with Crippen LogP contribution >= 0.6 is 0 Å². The predicted molar refractivity (Wildman–Crippen MR) is 55.5 cm³/mol. The van der Waals surface area contributed by atoms with Gasteiger partial charge in [0.15, 0.2) is 6.61 Å². The first-order valence-corrected chi connectivity index (χ1v) is 4.71. The molecule has 0 unspecified atom stereocenters. The monoisotopic (exact) mass is 210 g/mol. The van der Waals surface area contributed by atoms with E-state index in [1.807, 2.05) is 13.8 Å². The normalized spacial score (nSPS) is 9.73. The minimum atomic E-state index is -0.985. The van der Waals surface area contributed by atoms with Crippen LogP contribution in [0.3, 0.4) is 0 Å². The van der Waals surface area contributed by atoms with Gasteiger partial charge in [0.25, 0.3) is 0 Å². The number of carboxylic acid groups (broad SMARTS) is 1. The van der Waals surface area contributed by atoms with Gasteiger partial charge in [0.2, 0.25) is 0 Å². The summed E-state index contributed by atoms with van der Waals surface area (Å²) in [6, 6.07) is 5.23. The van der Waals surface area contributed by atoms with Gasteiger partial charge in [-0.25, -0.2) is 4.79 Å². The summed E-state index contributed by atoms with van der Waals surface area (Å²) < 4.78 is 10.4. The standard InChI is InChI=1S/C11H14O4/c1-3-14-10-5-4-9(6-8(10)2)15-7-11(12)13/h4-6H,3,7H2,1-2H3,(H,12,13). The van der Waals surface area contributed by atoms with Crippen LogP contribution < -0.4 is 9.47 Å². The Morgan fingerprint density at radius 3 is 2.67 bits per heavy atom. The fraction of sp³-hybridized carbons (Fsp3) is 0.364. The molecular formula is C11H14O4. The molecule has 4 heteroatoms. The maximum atomic E-state index is 10.3. The van der Waals surface area contributed by atoms with Crippen molar-refractivity contribution < 1.29 is 19.4 Å². The van der Waals surface area contributed by atoms with Crippen molar-refractivity contribution in [1.29, 1.82) is 0 Å². The van der Waals surface area contributed by atoms with Gasteiger partial charge < -0.3 is 14.6 Å². The number of rotatable bonds is 5. The molecule has 0 heterocycles. The van der Waals surface area contributed by atoms with Crippen LogP contribution in [0.2, 0.25) is 0 Å². The second-order valence-corrected chi connectivity index (χ2v) is 3.04. The van der Waals surface area contributed by atoms with Crippen molar-refractivity contribution in [3.05, 3.63) is 23.8 Å². The van der Waals surface area contributed by atoms with Crippen LogP contribution in [-0.4, -0.2) is 24.3 Å². The first-order valence-electron chi connectivity index (χ1n) is 4.71. The van der Waals surface area contributed by atoms with Gasteiger partial charge in [0.05, 0.1) is 6.61 Å². The molecule has 0 saturated heterocycles. The van der Waals surface area contributed by atoms with Gasteiger partial charge in [0.1, 0.15) is 11.5 Å². The van der Waals surface area contributed by atoms with Gasteiger partial charge in [-0.1, -0.05) is 0 Å². The van der Waals surface area contributed by atoms with E-state index in [9.17, 15) is 4.79 Å². The van der Waals surface area contributed by atoms with E-state index in [2.05, 4.69) is 0 Å². The molecule has 1 aromatic rings. The number of aliphatic carboxylic acids is 1. The molecule has 0 aliphatic heterocycles. The van der Waals surface area contributed by atoms with Crippen molar-refractivity contribution in [2.45, 2.75) is 13.8 Å². The zero-order valence-electron chi connectivity index (χ0n) is 8.82. The minimum absolute atomic E-state index is 0.326. The van der Waals surface area contributed by atoms with Crippen molar-refractivity contribution in [3.8, 4) is 11.5 Å². The molecule has 82 valence electrons. The summed E-state index contributed by atoms with van der Waals surface area (Å²) in [5, 5.41) is 8.43. The Hall–Kier alpha value is -1.71. The highest BCUT2D eigenvalue weighted by Gasteiger charge is 2.03. The third-order valence-corrected chi connectivity index (χ3v) is 1.81. The number of hydrogen-bond donors (Lipinski definition) is 1. The van der Waals surface area contributed by atoms with Crippen LogP contribution in [0.5, 0.6) is 11.5 Å². The Morgan fingerprint density at radius 2 is 2.13 bits per heavy atom. The quantitative estimate of drug-likeness (QED) is 0.805. The van der Waals surface area contributed by atoms with E-state index in [1.54, 1.807) is 18.2 Å². The average Bonchev–Trinajstić information content (AvgIpc) is 2.19. The van der Waals surface area contributed by atoms with E-state index in [0.29, 0.717) is 12.4 Å². The maximum absolute atomic E-state index is 10.3. The van der Waals surface area contributed by atoms with Crippen LogP contribution in [0.4, 0.5) is 0 Å². The fourth-order valence-corrected chi connectivity index (χ4v) is 1.17. The van der Waals surface area contributed by atoms with Gasteiger partial charge in [-0.2, -0.15) is 0 Å². The Morgan fingerprint density at radius 1 is 1.40 bits per heavy atom. The summed E-state index contributed by atoms with van der Waals surface area (Å²) >= 11 is 0. The average molecular weight is 210 g/mol. The Labute approximate surface area is 88.4 Å². The zero-order chi connectivity index (χ0) is 11.3. The molecule has 4 nitrogen and oxygen atoms in total. The summed E-state index contributed by atoms with van der Waals surface area (Å²) in [5.74, 6) is 0.347. The summed E-state index contributed by atoms with van der Waals surface area (Å²) in [6.07, 6.45) is 0. The highest BCUT2D eigenvalue weighted by Crippen LogP contribution is 2.23. The first-order chi connectivity index (χ1) is 7.13. The van der Waals surface area contributed by atoms with Gasteiger partial charge >= 0.3 is 5.97 Å². The molecule has 0 atom stereocenters. The fourth-order valence-electron chi connectivity index (χ4n) is 1.17. The van der Waals surface area contributed by atoms with Crippen molar-refractivity contribution >= 4 is 5.97 Å². The van der Waals surface area contributed by atoms with Gasteiger partial charge in [0, 0.05) is 0 Å². The zero-order valence-corrected chi connectivity index (χ0v) is 8.82. The number of hydrogen-bond acceptors (Lipinski definition) is 3. The molecular weight excluding hydrogens is 196 g/mol. The lowest BCUT2D eigenvalue weighted by atomic mass is 10.2. The van der Waals surface area contributed by atoms with Gasteiger partial charge in [-0.15, -0.1) is 0 Å². The third-order valence-electron chi connectivity index (χ3n) is 1.81. The summed E-state index contributed by atoms with van der Waals surface area (Å²) in [5.41, 5.74) is 0.930. The van der Waals surface area contributed by atoms with Crippen LogP contribution in [0.1, 0.15) is 12.5 Å². The van der Waals surface area contributed by atoms with E-state index < -0.39 is 5.97 Å². The summed E-state index contributed by atoms with van der Waals surface area (Å²) in [4.78, 5) is 10.3. The van der Waals surface area contributed by atoms with E-state index >= 15 is 0 Å². The highest BCUT2D eigenvalue weighted by molar-refractivity contribution is 5.68. The molecule has 0 saturated carbocycles. The van der Waals surface area contributed by atoms with E-state index in [0.717, 1.165) is 11.3 Å². The lowest BCUT2D eigenvalue weighted by Crippen LogP contribution is -2.09. The molecule has 0 aromatic heterocycles. The first kappa shape index (κ1) is 11.4. The molecule has 0 amide bonds. The number of benzene rings is 1. The van der Waals surface area contributed by atoms with Crippen molar-refractivity contribution in [2.24, 2.45) is 0 Å². The van der Waals surface area contributed by atoms with Crippen LogP contribution in [0, 0.1) is 6.92 Å². The Balaban J connectivity index is 2.68. The number of aryl methyl sites for hydroxylation is 1. The lowest BCUT2D eigenvalue weighted by Gasteiger charge is -2.09. The molecule has 1 aromatic carbocycles. The molecule has 0 radical (unpaired) electrons. The largest absolute Gasteiger partial charge is 0.494 e. The molecule has 0 fully saturated rings. The van der Waals surface area contributed by atoms with Crippen LogP contribution in [-0.2, 0) is 4.79 Å². The maximum Gasteiger partial charge on any atom is 0.341 e. The number of carboxylic acids is 1. The number of ether oxygens (including phenoxy) is 2. The topological polar surface area (TPSA) is 55.8 Å². The third kappa shape index (κ3) is 3.50. The molecule has 0 aliphatic rings. The molecule has 1 rings (SSSR count). The minimum Gasteiger partial charge on any atom is -0.494 e. The van der Waals surface area contributed by atoms with E-state index in [4.69, 9.17) is 14.6 Å². The highest BCUT2D eigenvalue weighted by atomic mass is 16.5. The predicted octanol–water partition coefficient (Wildman–Crippen LogP) is 1.86. The molecule has 0 bridgehead atoms. The SMILES string of the molecule is CCOc1ccc(OCC(=O)O)cc1C. The van der Waals surface area contributed by atoms with Crippen LogP contribution in [0.15, 0.2) is 18.2 Å². The lowest BCUT2D eigenvalue weighted by molar-refractivity contribution is -0.139. The van der Waals surface area contributed by atoms with Crippen molar-refractivity contribution in [2.75, 3.05) is 13.2 Å². The molecule has 0 aliphatic carbocycles. The number of carbonyl (C=O) groups is 1. The van der Waals surface area contributed by atoms with Crippen molar-refractivity contribution in [1.82, 2.24) is 0 Å². The van der Waals surface area contributed by atoms with E-state index in [1.165, 1.54) is 0 Å². The summed E-state index contributed by atoms with van der Waals surface area (Å²) in [7, 11) is 0. The molecule has 0 spiro atoms.